The Hall–Kier alpha value is -2.52. The number of hydrogen-bond acceptors (Lipinski definition) is 6. The molecule has 0 bridgehead atoms. The number of nitrogens with zero attached hydrogens (tertiary/aromatic N) is 6. The maximum atomic E-state index is 11.6. The van der Waals surface area contributed by atoms with Crippen molar-refractivity contribution in [2.24, 2.45) is 0 Å². The normalized spacial score (nSPS) is 16.4. The van der Waals surface area contributed by atoms with E-state index in [1.807, 2.05) is 42.5 Å². The van der Waals surface area contributed by atoms with E-state index in [-0.39, 0.29) is 0 Å². The summed E-state index contributed by atoms with van der Waals surface area (Å²) in [6, 6.07) is 13.6. The zero-order valence-electron chi connectivity index (χ0n) is 13.8. The van der Waals surface area contributed by atoms with Crippen LogP contribution in [-0.4, -0.2) is 65.0 Å². The van der Waals surface area contributed by atoms with Crippen molar-refractivity contribution in [3.8, 4) is 11.4 Å². The molecule has 2 aromatic heterocycles. The number of anilines is 1. The molecule has 0 spiro atoms. The van der Waals surface area contributed by atoms with Gasteiger partial charge in [-0.25, -0.2) is 8.42 Å². The first kappa shape index (κ1) is 16.0. The van der Waals surface area contributed by atoms with Gasteiger partial charge in [0.05, 0.1) is 6.26 Å². The van der Waals surface area contributed by atoms with Crippen molar-refractivity contribution in [1.82, 2.24) is 24.1 Å². The van der Waals surface area contributed by atoms with Crippen molar-refractivity contribution in [3.05, 3.63) is 42.5 Å². The molecule has 0 atom stereocenters. The zero-order chi connectivity index (χ0) is 17.4. The predicted octanol–water partition coefficient (Wildman–Crippen LogP) is 0.873. The van der Waals surface area contributed by atoms with Crippen molar-refractivity contribution in [3.63, 3.8) is 0 Å². The molecule has 1 aliphatic rings. The van der Waals surface area contributed by atoms with E-state index in [9.17, 15) is 8.42 Å². The van der Waals surface area contributed by atoms with Crippen molar-refractivity contribution in [1.29, 1.82) is 0 Å². The zero-order valence-corrected chi connectivity index (χ0v) is 14.6. The molecule has 1 aromatic carbocycles. The molecule has 3 heterocycles. The Morgan fingerprint density at radius 3 is 2.32 bits per heavy atom. The van der Waals surface area contributed by atoms with Crippen molar-refractivity contribution >= 4 is 21.5 Å². The van der Waals surface area contributed by atoms with Crippen LogP contribution in [0.2, 0.25) is 0 Å². The van der Waals surface area contributed by atoms with Crippen LogP contribution in [0.15, 0.2) is 42.5 Å². The van der Waals surface area contributed by atoms with Gasteiger partial charge < -0.3 is 4.90 Å². The summed E-state index contributed by atoms with van der Waals surface area (Å²) in [6.07, 6.45) is 1.25. The lowest BCUT2D eigenvalue weighted by atomic mass is 10.2. The standard InChI is InChI=1S/C16H18N6O2S/c1-25(23,24)21-11-9-20(10-12-21)15-8-7-14-17-18-16(22(14)19-15)13-5-3-2-4-6-13/h2-8H,9-12H2,1H3. The molecule has 4 rings (SSSR count). The van der Waals surface area contributed by atoms with Gasteiger partial charge in [0.2, 0.25) is 10.0 Å². The highest BCUT2D eigenvalue weighted by molar-refractivity contribution is 7.88. The van der Waals surface area contributed by atoms with E-state index in [2.05, 4.69) is 20.2 Å². The summed E-state index contributed by atoms with van der Waals surface area (Å²) in [7, 11) is -3.14. The first-order chi connectivity index (χ1) is 12.0. The highest BCUT2D eigenvalue weighted by Crippen LogP contribution is 2.20. The number of fused-ring (bicyclic) bond motifs is 1. The average molecular weight is 358 g/mol. The third kappa shape index (κ3) is 3.08. The summed E-state index contributed by atoms with van der Waals surface area (Å²) in [5.41, 5.74) is 1.62. The van der Waals surface area contributed by atoms with Gasteiger partial charge in [0.1, 0.15) is 5.82 Å². The van der Waals surface area contributed by atoms with E-state index in [0.717, 1.165) is 11.4 Å². The lowest BCUT2D eigenvalue weighted by Gasteiger charge is -2.33. The smallest absolute Gasteiger partial charge is 0.211 e. The summed E-state index contributed by atoms with van der Waals surface area (Å²) >= 11 is 0. The van der Waals surface area contributed by atoms with Gasteiger partial charge in [0.15, 0.2) is 11.5 Å². The molecule has 0 saturated carbocycles. The molecule has 0 unspecified atom stereocenters. The molecular weight excluding hydrogens is 340 g/mol. The lowest BCUT2D eigenvalue weighted by molar-refractivity contribution is 0.386. The van der Waals surface area contributed by atoms with E-state index >= 15 is 0 Å². The number of sulfonamides is 1. The van der Waals surface area contributed by atoms with Crippen molar-refractivity contribution in [2.75, 3.05) is 37.3 Å². The largest absolute Gasteiger partial charge is 0.353 e. The Morgan fingerprint density at radius 1 is 0.920 bits per heavy atom. The van der Waals surface area contributed by atoms with E-state index in [0.29, 0.717) is 37.7 Å². The minimum atomic E-state index is -3.14. The predicted molar refractivity (Wildman–Crippen MR) is 94.8 cm³/mol. The molecule has 1 aliphatic heterocycles. The van der Waals surface area contributed by atoms with Gasteiger partial charge in [-0.1, -0.05) is 30.3 Å². The highest BCUT2D eigenvalue weighted by Gasteiger charge is 2.24. The molecule has 0 radical (unpaired) electrons. The van der Waals surface area contributed by atoms with Crippen LogP contribution in [0.5, 0.6) is 0 Å². The van der Waals surface area contributed by atoms with E-state index in [4.69, 9.17) is 0 Å². The summed E-state index contributed by atoms with van der Waals surface area (Å²) in [4.78, 5) is 2.08. The van der Waals surface area contributed by atoms with Crippen LogP contribution in [-0.2, 0) is 10.0 Å². The minimum absolute atomic E-state index is 0.465. The number of aromatic nitrogens is 4. The fourth-order valence-electron chi connectivity index (χ4n) is 2.96. The first-order valence-corrected chi connectivity index (χ1v) is 9.85. The summed E-state index contributed by atoms with van der Waals surface area (Å²) < 4.78 is 26.5. The summed E-state index contributed by atoms with van der Waals surface area (Å²) in [5, 5.41) is 13.1. The topological polar surface area (TPSA) is 83.7 Å². The van der Waals surface area contributed by atoms with E-state index in [1.165, 1.54) is 10.6 Å². The van der Waals surface area contributed by atoms with Crippen LogP contribution in [0, 0.1) is 0 Å². The fourth-order valence-corrected chi connectivity index (χ4v) is 3.79. The van der Waals surface area contributed by atoms with Gasteiger partial charge >= 0.3 is 0 Å². The van der Waals surface area contributed by atoms with Gasteiger partial charge in [0.25, 0.3) is 0 Å². The molecule has 0 N–H and O–H groups in total. The van der Waals surface area contributed by atoms with Gasteiger partial charge in [-0.05, 0) is 12.1 Å². The van der Waals surface area contributed by atoms with Crippen LogP contribution < -0.4 is 4.90 Å². The second-order valence-corrected chi connectivity index (χ2v) is 7.98. The van der Waals surface area contributed by atoms with Gasteiger partial charge in [-0.3, -0.25) is 0 Å². The first-order valence-electron chi connectivity index (χ1n) is 8.00. The molecule has 0 aliphatic carbocycles. The second-order valence-electron chi connectivity index (χ2n) is 6.00. The Balaban J connectivity index is 1.64. The third-order valence-electron chi connectivity index (χ3n) is 4.31. The summed E-state index contributed by atoms with van der Waals surface area (Å²) in [5.74, 6) is 1.48. The molecule has 1 fully saturated rings. The minimum Gasteiger partial charge on any atom is -0.353 e. The SMILES string of the molecule is CS(=O)(=O)N1CCN(c2ccc3nnc(-c4ccccc4)n3n2)CC1. The average Bonchev–Trinajstić information content (AvgIpc) is 3.05. The highest BCUT2D eigenvalue weighted by atomic mass is 32.2. The molecule has 9 heteroatoms. The molecular formula is C16H18N6O2S. The van der Waals surface area contributed by atoms with Gasteiger partial charge in [-0.2, -0.15) is 8.82 Å². The van der Waals surface area contributed by atoms with Crippen molar-refractivity contribution in [2.45, 2.75) is 0 Å². The van der Waals surface area contributed by atoms with E-state index in [1.54, 1.807) is 4.52 Å². The third-order valence-corrected chi connectivity index (χ3v) is 5.62. The number of benzene rings is 1. The van der Waals surface area contributed by atoms with Gasteiger partial charge in [0, 0.05) is 31.7 Å². The Labute approximate surface area is 145 Å². The van der Waals surface area contributed by atoms with Crippen LogP contribution in [0.4, 0.5) is 5.82 Å². The van der Waals surface area contributed by atoms with Crippen LogP contribution in [0.3, 0.4) is 0 Å². The maximum Gasteiger partial charge on any atom is 0.211 e. The molecule has 130 valence electrons. The van der Waals surface area contributed by atoms with Crippen LogP contribution in [0.1, 0.15) is 0 Å². The molecule has 3 aromatic rings. The van der Waals surface area contributed by atoms with Gasteiger partial charge in [-0.15, -0.1) is 15.3 Å². The number of rotatable bonds is 3. The van der Waals surface area contributed by atoms with Crippen LogP contribution in [0.25, 0.3) is 17.0 Å². The molecule has 25 heavy (non-hydrogen) atoms. The maximum absolute atomic E-state index is 11.6. The molecule has 0 amide bonds. The molecule has 8 nitrogen and oxygen atoms in total. The summed E-state index contributed by atoms with van der Waals surface area (Å²) in [6.45, 7) is 2.14. The Morgan fingerprint density at radius 2 is 1.64 bits per heavy atom. The Kier molecular flexibility index (Phi) is 3.89. The lowest BCUT2D eigenvalue weighted by Crippen LogP contribution is -2.48. The van der Waals surface area contributed by atoms with Crippen molar-refractivity contribution < 1.29 is 8.42 Å². The van der Waals surface area contributed by atoms with E-state index < -0.39 is 10.0 Å². The fraction of sp³-hybridized carbons (Fsp3) is 0.312. The van der Waals surface area contributed by atoms with Crippen LogP contribution >= 0.6 is 0 Å². The molecule has 1 saturated heterocycles. The number of hydrogen-bond donors (Lipinski definition) is 0. The second kappa shape index (κ2) is 6.08. The number of piperazine rings is 1. The monoisotopic (exact) mass is 358 g/mol. The Bertz CT molecular complexity index is 994. The quantitative estimate of drug-likeness (QED) is 0.691.